The Morgan fingerprint density at radius 2 is 2.05 bits per heavy atom. The van der Waals surface area contributed by atoms with Crippen molar-refractivity contribution in [2.75, 3.05) is 5.73 Å². The summed E-state index contributed by atoms with van der Waals surface area (Å²) in [6.45, 7) is 0. The standard InChI is InChI=1S/C14H13F3N2O2/c15-14(16,17)21-11-3-1-2-9(6-11)13(20)7-10-8-19-5-4-12(10)18/h1-6,8,13,20H,7H2,(H2,18,19). The first-order valence-corrected chi connectivity index (χ1v) is 6.07. The summed E-state index contributed by atoms with van der Waals surface area (Å²) in [5, 5.41) is 10.1. The first kappa shape index (κ1) is 15.1. The van der Waals surface area contributed by atoms with Gasteiger partial charge in [0, 0.05) is 24.5 Å². The number of hydrogen-bond acceptors (Lipinski definition) is 4. The lowest BCUT2D eigenvalue weighted by Crippen LogP contribution is -2.17. The summed E-state index contributed by atoms with van der Waals surface area (Å²) in [6, 6.07) is 6.80. The fourth-order valence-corrected chi connectivity index (χ4v) is 1.85. The molecule has 1 atom stereocenters. The van der Waals surface area contributed by atoms with E-state index in [9.17, 15) is 18.3 Å². The maximum atomic E-state index is 12.2. The number of rotatable bonds is 4. The number of nitrogens with zero attached hydrogens (tertiary/aromatic N) is 1. The Labute approximate surface area is 119 Å². The lowest BCUT2D eigenvalue weighted by molar-refractivity contribution is -0.274. The van der Waals surface area contributed by atoms with Crippen molar-refractivity contribution in [2.24, 2.45) is 0 Å². The Bertz CT molecular complexity index is 617. The summed E-state index contributed by atoms with van der Waals surface area (Å²) in [6.07, 6.45) is -2.60. The van der Waals surface area contributed by atoms with Gasteiger partial charge in [-0.15, -0.1) is 13.2 Å². The van der Waals surface area contributed by atoms with Crippen LogP contribution >= 0.6 is 0 Å². The van der Waals surface area contributed by atoms with Crippen LogP contribution in [-0.4, -0.2) is 16.5 Å². The third kappa shape index (κ3) is 4.35. The van der Waals surface area contributed by atoms with Crippen molar-refractivity contribution < 1.29 is 23.0 Å². The van der Waals surface area contributed by atoms with Gasteiger partial charge < -0.3 is 15.6 Å². The fourth-order valence-electron chi connectivity index (χ4n) is 1.85. The Hall–Kier alpha value is -2.28. The van der Waals surface area contributed by atoms with E-state index < -0.39 is 12.5 Å². The van der Waals surface area contributed by atoms with Crippen LogP contribution in [0.15, 0.2) is 42.7 Å². The molecular weight excluding hydrogens is 285 g/mol. The van der Waals surface area contributed by atoms with Gasteiger partial charge in [0.15, 0.2) is 0 Å². The molecule has 112 valence electrons. The second-order valence-electron chi connectivity index (χ2n) is 4.41. The number of halogens is 3. The van der Waals surface area contributed by atoms with Crippen molar-refractivity contribution in [2.45, 2.75) is 18.9 Å². The average molecular weight is 298 g/mol. The number of aliphatic hydroxyl groups excluding tert-OH is 1. The summed E-state index contributed by atoms with van der Waals surface area (Å²) in [5.74, 6) is -0.377. The minimum atomic E-state index is -4.77. The summed E-state index contributed by atoms with van der Waals surface area (Å²) < 4.78 is 40.3. The molecule has 4 nitrogen and oxygen atoms in total. The van der Waals surface area contributed by atoms with Crippen molar-refractivity contribution in [3.05, 3.63) is 53.9 Å². The number of benzene rings is 1. The molecule has 0 bridgehead atoms. The molecule has 1 aromatic carbocycles. The molecule has 0 saturated heterocycles. The summed E-state index contributed by atoms with van der Waals surface area (Å²) in [4.78, 5) is 3.89. The molecule has 0 aliphatic heterocycles. The van der Waals surface area contributed by atoms with E-state index in [4.69, 9.17) is 5.73 Å². The Morgan fingerprint density at radius 1 is 1.29 bits per heavy atom. The van der Waals surface area contributed by atoms with Crippen LogP contribution in [0.1, 0.15) is 17.2 Å². The first-order valence-electron chi connectivity index (χ1n) is 6.07. The molecule has 1 aromatic heterocycles. The highest BCUT2D eigenvalue weighted by Gasteiger charge is 2.31. The number of aliphatic hydroxyl groups is 1. The predicted octanol–water partition coefficient (Wildman–Crippen LogP) is 2.84. The van der Waals surface area contributed by atoms with Crippen LogP contribution in [-0.2, 0) is 6.42 Å². The van der Waals surface area contributed by atoms with E-state index in [2.05, 4.69) is 9.72 Å². The zero-order valence-electron chi connectivity index (χ0n) is 10.8. The molecule has 0 fully saturated rings. The van der Waals surface area contributed by atoms with E-state index in [-0.39, 0.29) is 12.2 Å². The van der Waals surface area contributed by atoms with Gasteiger partial charge in [-0.25, -0.2) is 0 Å². The number of ether oxygens (including phenoxy) is 1. The molecule has 3 N–H and O–H groups in total. The molecule has 1 unspecified atom stereocenters. The van der Waals surface area contributed by atoms with Crippen LogP contribution in [0, 0.1) is 0 Å². The summed E-state index contributed by atoms with van der Waals surface area (Å²) in [5.41, 5.74) is 7.12. The minimum Gasteiger partial charge on any atom is -0.406 e. The van der Waals surface area contributed by atoms with Gasteiger partial charge in [-0.05, 0) is 29.3 Å². The van der Waals surface area contributed by atoms with Gasteiger partial charge >= 0.3 is 6.36 Å². The third-order valence-electron chi connectivity index (χ3n) is 2.83. The Balaban J connectivity index is 2.14. The molecule has 0 aliphatic rings. The van der Waals surface area contributed by atoms with Gasteiger partial charge in [0.1, 0.15) is 5.75 Å². The molecule has 21 heavy (non-hydrogen) atoms. The quantitative estimate of drug-likeness (QED) is 0.910. The molecule has 0 amide bonds. The van der Waals surface area contributed by atoms with E-state index in [0.717, 1.165) is 6.07 Å². The van der Waals surface area contributed by atoms with Crippen LogP contribution in [0.3, 0.4) is 0 Å². The molecule has 0 saturated carbocycles. The van der Waals surface area contributed by atoms with Crippen molar-refractivity contribution in [3.63, 3.8) is 0 Å². The number of anilines is 1. The van der Waals surface area contributed by atoms with Gasteiger partial charge in [0.25, 0.3) is 0 Å². The SMILES string of the molecule is Nc1ccncc1CC(O)c1cccc(OC(F)(F)F)c1. The Morgan fingerprint density at radius 3 is 2.71 bits per heavy atom. The van der Waals surface area contributed by atoms with E-state index >= 15 is 0 Å². The van der Waals surface area contributed by atoms with Crippen LogP contribution in [0.5, 0.6) is 5.75 Å². The van der Waals surface area contributed by atoms with Gasteiger partial charge in [0.05, 0.1) is 6.10 Å². The van der Waals surface area contributed by atoms with Gasteiger partial charge in [-0.3, -0.25) is 4.98 Å². The van der Waals surface area contributed by atoms with Crippen molar-refractivity contribution >= 4 is 5.69 Å². The molecule has 1 heterocycles. The average Bonchev–Trinajstić information content (AvgIpc) is 2.39. The second kappa shape index (κ2) is 6.01. The lowest BCUT2D eigenvalue weighted by atomic mass is 10.0. The van der Waals surface area contributed by atoms with Crippen molar-refractivity contribution in [3.8, 4) is 5.75 Å². The van der Waals surface area contributed by atoms with Crippen LogP contribution in [0.25, 0.3) is 0 Å². The van der Waals surface area contributed by atoms with Crippen LogP contribution < -0.4 is 10.5 Å². The maximum Gasteiger partial charge on any atom is 0.573 e. The Kier molecular flexibility index (Phi) is 4.32. The van der Waals surface area contributed by atoms with Gasteiger partial charge in [0.2, 0.25) is 0 Å². The molecule has 0 aliphatic carbocycles. The minimum absolute atomic E-state index is 0.148. The number of aromatic nitrogens is 1. The molecule has 2 aromatic rings. The summed E-state index contributed by atoms with van der Waals surface area (Å²) in [7, 11) is 0. The van der Waals surface area contributed by atoms with Crippen LogP contribution in [0.2, 0.25) is 0 Å². The first-order chi connectivity index (χ1) is 9.85. The molecular formula is C14H13F3N2O2. The number of alkyl halides is 3. The predicted molar refractivity (Wildman–Crippen MR) is 70.4 cm³/mol. The highest BCUT2D eigenvalue weighted by atomic mass is 19.4. The second-order valence-corrected chi connectivity index (χ2v) is 4.41. The van der Waals surface area contributed by atoms with Gasteiger partial charge in [-0.2, -0.15) is 0 Å². The highest BCUT2D eigenvalue weighted by molar-refractivity contribution is 5.45. The molecule has 2 rings (SSSR count). The largest absolute Gasteiger partial charge is 0.573 e. The zero-order valence-corrected chi connectivity index (χ0v) is 10.8. The van der Waals surface area contributed by atoms with E-state index in [1.807, 2.05) is 0 Å². The topological polar surface area (TPSA) is 68.4 Å². The maximum absolute atomic E-state index is 12.2. The number of pyridine rings is 1. The molecule has 0 radical (unpaired) electrons. The smallest absolute Gasteiger partial charge is 0.406 e. The van der Waals surface area contributed by atoms with Crippen LogP contribution in [0.4, 0.5) is 18.9 Å². The number of nitrogen functional groups attached to an aromatic ring is 1. The molecule has 0 spiro atoms. The lowest BCUT2D eigenvalue weighted by Gasteiger charge is -2.14. The third-order valence-corrected chi connectivity index (χ3v) is 2.83. The number of hydrogen-bond donors (Lipinski definition) is 2. The monoisotopic (exact) mass is 298 g/mol. The van der Waals surface area contributed by atoms with E-state index in [1.54, 1.807) is 6.07 Å². The highest BCUT2D eigenvalue weighted by Crippen LogP contribution is 2.27. The summed E-state index contributed by atoms with van der Waals surface area (Å²) >= 11 is 0. The van der Waals surface area contributed by atoms with E-state index in [0.29, 0.717) is 16.8 Å². The molecule has 7 heteroatoms. The van der Waals surface area contributed by atoms with E-state index in [1.165, 1.54) is 30.6 Å². The zero-order chi connectivity index (χ0) is 15.5. The van der Waals surface area contributed by atoms with Gasteiger partial charge in [-0.1, -0.05) is 12.1 Å². The van der Waals surface area contributed by atoms with Crippen molar-refractivity contribution in [1.29, 1.82) is 0 Å². The van der Waals surface area contributed by atoms with Crippen molar-refractivity contribution in [1.82, 2.24) is 4.98 Å². The normalized spacial score (nSPS) is 13.0. The number of nitrogens with two attached hydrogens (primary N) is 1. The fraction of sp³-hybridized carbons (Fsp3) is 0.214.